The zero-order chi connectivity index (χ0) is 12.3. The summed E-state index contributed by atoms with van der Waals surface area (Å²) in [5.41, 5.74) is 3.46. The van der Waals surface area contributed by atoms with E-state index in [0.717, 1.165) is 19.3 Å². The van der Waals surface area contributed by atoms with Crippen molar-refractivity contribution in [1.29, 1.82) is 0 Å². The normalized spacial score (nSPS) is 19.9. The fourth-order valence-corrected chi connectivity index (χ4v) is 3.11. The van der Waals surface area contributed by atoms with Gasteiger partial charge in [0.1, 0.15) is 0 Å². The predicted molar refractivity (Wildman–Crippen MR) is 72.3 cm³/mol. The van der Waals surface area contributed by atoms with Gasteiger partial charge < -0.3 is 5.11 Å². The molecule has 1 aliphatic carbocycles. The third-order valence-electron chi connectivity index (χ3n) is 3.85. The van der Waals surface area contributed by atoms with Crippen LogP contribution in [0.2, 0.25) is 0 Å². The number of hydrogen-bond acceptors (Lipinski definition) is 1. The number of rotatable bonds is 2. The van der Waals surface area contributed by atoms with Crippen LogP contribution < -0.4 is 0 Å². The second-order valence-corrected chi connectivity index (χ2v) is 5.81. The van der Waals surface area contributed by atoms with E-state index in [1.807, 2.05) is 0 Å². The third kappa shape index (κ3) is 3.57. The Bertz CT molecular complexity index is 353. The van der Waals surface area contributed by atoms with Crippen LogP contribution in [0.25, 0.3) is 0 Å². The van der Waals surface area contributed by atoms with E-state index in [2.05, 4.69) is 32.0 Å². The number of aliphatic hydroxyl groups is 1. The standard InChI is InChI=1S/C16H24O/c1-13-9-14(2)11-15(10-13)12-16(17)7-5-3-4-6-8-16/h9-11,17H,3-8,12H2,1-2H3. The molecule has 0 saturated heterocycles. The average molecular weight is 232 g/mol. The van der Waals surface area contributed by atoms with E-state index in [-0.39, 0.29) is 0 Å². The topological polar surface area (TPSA) is 20.2 Å². The summed E-state index contributed by atoms with van der Waals surface area (Å²) >= 11 is 0. The maximum Gasteiger partial charge on any atom is 0.0688 e. The third-order valence-corrected chi connectivity index (χ3v) is 3.85. The van der Waals surface area contributed by atoms with E-state index >= 15 is 0 Å². The molecule has 0 heterocycles. The van der Waals surface area contributed by atoms with Gasteiger partial charge in [-0.1, -0.05) is 55.0 Å². The maximum atomic E-state index is 10.7. The monoisotopic (exact) mass is 232 g/mol. The second-order valence-electron chi connectivity index (χ2n) is 5.81. The Morgan fingerprint density at radius 2 is 1.47 bits per heavy atom. The molecule has 1 aliphatic rings. The first-order valence-corrected chi connectivity index (χ1v) is 6.87. The summed E-state index contributed by atoms with van der Waals surface area (Å²) in [6.07, 6.45) is 7.71. The maximum absolute atomic E-state index is 10.7. The highest BCUT2D eigenvalue weighted by molar-refractivity contribution is 5.29. The molecule has 0 radical (unpaired) electrons. The van der Waals surface area contributed by atoms with Gasteiger partial charge in [-0.15, -0.1) is 0 Å². The van der Waals surface area contributed by atoms with Crippen LogP contribution >= 0.6 is 0 Å². The molecule has 0 unspecified atom stereocenters. The molecular formula is C16H24O. The first-order chi connectivity index (χ1) is 8.07. The molecule has 17 heavy (non-hydrogen) atoms. The lowest BCUT2D eigenvalue weighted by Crippen LogP contribution is -2.30. The van der Waals surface area contributed by atoms with Gasteiger partial charge in [0.2, 0.25) is 0 Å². The molecule has 0 bridgehead atoms. The Hall–Kier alpha value is -0.820. The minimum absolute atomic E-state index is 0.448. The van der Waals surface area contributed by atoms with Gasteiger partial charge >= 0.3 is 0 Å². The Labute approximate surface area is 105 Å². The van der Waals surface area contributed by atoms with Gasteiger partial charge in [0, 0.05) is 6.42 Å². The van der Waals surface area contributed by atoms with Gasteiger partial charge in [0.15, 0.2) is 0 Å². The quantitative estimate of drug-likeness (QED) is 0.766. The summed E-state index contributed by atoms with van der Waals surface area (Å²) in [6.45, 7) is 4.27. The van der Waals surface area contributed by atoms with Crippen molar-refractivity contribution in [3.8, 4) is 0 Å². The van der Waals surface area contributed by atoms with Crippen molar-refractivity contribution in [2.75, 3.05) is 0 Å². The van der Waals surface area contributed by atoms with Crippen molar-refractivity contribution in [3.05, 3.63) is 34.9 Å². The number of aryl methyl sites for hydroxylation is 2. The summed E-state index contributed by atoms with van der Waals surface area (Å²) in [5.74, 6) is 0. The van der Waals surface area contributed by atoms with Crippen LogP contribution in [0.5, 0.6) is 0 Å². The molecule has 1 nitrogen and oxygen atoms in total. The molecule has 0 atom stereocenters. The van der Waals surface area contributed by atoms with Crippen LogP contribution in [0.3, 0.4) is 0 Å². The van der Waals surface area contributed by atoms with Crippen molar-refractivity contribution in [2.45, 2.75) is 64.4 Å². The minimum atomic E-state index is -0.448. The van der Waals surface area contributed by atoms with Crippen molar-refractivity contribution in [3.63, 3.8) is 0 Å². The summed E-state index contributed by atoms with van der Waals surface area (Å²) in [6, 6.07) is 6.63. The van der Waals surface area contributed by atoms with Gasteiger partial charge in [-0.05, 0) is 32.3 Å². The van der Waals surface area contributed by atoms with E-state index in [1.165, 1.54) is 42.4 Å². The minimum Gasteiger partial charge on any atom is -0.390 e. The molecule has 1 fully saturated rings. The highest BCUT2D eigenvalue weighted by Gasteiger charge is 2.28. The van der Waals surface area contributed by atoms with Crippen molar-refractivity contribution < 1.29 is 5.11 Å². The lowest BCUT2D eigenvalue weighted by Gasteiger charge is -2.27. The van der Waals surface area contributed by atoms with Crippen LogP contribution in [0.1, 0.15) is 55.2 Å². The molecule has 94 valence electrons. The van der Waals surface area contributed by atoms with Crippen molar-refractivity contribution in [1.82, 2.24) is 0 Å². The van der Waals surface area contributed by atoms with Gasteiger partial charge in [0.05, 0.1) is 5.60 Å². The second kappa shape index (κ2) is 5.22. The van der Waals surface area contributed by atoms with Crippen LogP contribution in [-0.2, 0) is 6.42 Å². The van der Waals surface area contributed by atoms with Crippen LogP contribution in [0.4, 0.5) is 0 Å². The summed E-state index contributed by atoms with van der Waals surface area (Å²) in [4.78, 5) is 0. The number of hydrogen-bond donors (Lipinski definition) is 1. The van der Waals surface area contributed by atoms with E-state index in [1.54, 1.807) is 0 Å². The summed E-state index contributed by atoms with van der Waals surface area (Å²) in [7, 11) is 0. The van der Waals surface area contributed by atoms with E-state index in [9.17, 15) is 5.11 Å². The SMILES string of the molecule is Cc1cc(C)cc(CC2(O)CCCCCC2)c1. The van der Waals surface area contributed by atoms with Crippen LogP contribution in [0.15, 0.2) is 18.2 Å². The van der Waals surface area contributed by atoms with E-state index in [0.29, 0.717) is 0 Å². The fourth-order valence-electron chi connectivity index (χ4n) is 3.11. The smallest absolute Gasteiger partial charge is 0.0688 e. The summed E-state index contributed by atoms with van der Waals surface area (Å²) < 4.78 is 0. The van der Waals surface area contributed by atoms with Crippen molar-refractivity contribution in [2.24, 2.45) is 0 Å². The predicted octanol–water partition coefficient (Wildman–Crippen LogP) is 3.93. The van der Waals surface area contributed by atoms with Crippen LogP contribution in [-0.4, -0.2) is 10.7 Å². The van der Waals surface area contributed by atoms with Gasteiger partial charge in [-0.3, -0.25) is 0 Å². The Balaban J connectivity index is 2.12. The van der Waals surface area contributed by atoms with Gasteiger partial charge in [-0.25, -0.2) is 0 Å². The Morgan fingerprint density at radius 1 is 0.941 bits per heavy atom. The molecule has 1 saturated carbocycles. The first kappa shape index (κ1) is 12.6. The Kier molecular flexibility index (Phi) is 3.88. The zero-order valence-corrected chi connectivity index (χ0v) is 11.1. The lowest BCUT2D eigenvalue weighted by atomic mass is 9.86. The molecule has 2 rings (SSSR count). The molecule has 0 amide bonds. The molecule has 0 aliphatic heterocycles. The molecule has 1 heteroatoms. The zero-order valence-electron chi connectivity index (χ0n) is 11.1. The molecular weight excluding hydrogens is 208 g/mol. The molecule has 0 aromatic heterocycles. The van der Waals surface area contributed by atoms with Gasteiger partial charge in [-0.2, -0.15) is 0 Å². The lowest BCUT2D eigenvalue weighted by molar-refractivity contribution is 0.0252. The number of benzene rings is 1. The fraction of sp³-hybridized carbons (Fsp3) is 0.625. The highest BCUT2D eigenvalue weighted by Crippen LogP contribution is 2.30. The highest BCUT2D eigenvalue weighted by atomic mass is 16.3. The first-order valence-electron chi connectivity index (χ1n) is 6.87. The van der Waals surface area contributed by atoms with E-state index < -0.39 is 5.60 Å². The largest absolute Gasteiger partial charge is 0.390 e. The average Bonchev–Trinajstić information content (AvgIpc) is 2.41. The molecule has 1 N–H and O–H groups in total. The summed E-state index contributed by atoms with van der Waals surface area (Å²) in [5, 5.41) is 10.7. The Morgan fingerprint density at radius 3 is 2.00 bits per heavy atom. The van der Waals surface area contributed by atoms with Gasteiger partial charge in [0.25, 0.3) is 0 Å². The van der Waals surface area contributed by atoms with Crippen molar-refractivity contribution >= 4 is 0 Å². The molecule has 1 aromatic carbocycles. The molecule has 0 spiro atoms. The molecule has 1 aromatic rings. The van der Waals surface area contributed by atoms with Crippen LogP contribution in [0, 0.1) is 13.8 Å². The van der Waals surface area contributed by atoms with E-state index in [4.69, 9.17) is 0 Å².